The molecule has 7 nitrogen and oxygen atoms in total. The van der Waals surface area contributed by atoms with Crippen molar-refractivity contribution >= 4 is 77.0 Å². The van der Waals surface area contributed by atoms with Crippen LogP contribution in [0.3, 0.4) is 0 Å². The average Bonchev–Trinajstić information content (AvgIpc) is 3.07. The maximum absolute atomic E-state index is 13.6. The molecule has 0 aliphatic heterocycles. The first-order valence-corrected chi connectivity index (χ1v) is 11.4. The maximum Gasteiger partial charge on any atom is 0.337 e. The van der Waals surface area contributed by atoms with E-state index < -0.39 is 11.9 Å². The molecule has 11 heteroatoms. The summed E-state index contributed by atoms with van der Waals surface area (Å²) >= 11 is 16.3. The largest absolute Gasteiger partial charge is 0.478 e. The zero-order valence-corrected chi connectivity index (χ0v) is 21.0. The van der Waals surface area contributed by atoms with Crippen molar-refractivity contribution in [2.75, 3.05) is 11.4 Å². The number of hydrogen-bond donors (Lipinski definition) is 1. The van der Waals surface area contributed by atoms with Gasteiger partial charge in [-0.1, -0.05) is 34.5 Å². The van der Waals surface area contributed by atoms with Gasteiger partial charge in [0, 0.05) is 27.8 Å². The lowest BCUT2D eigenvalue weighted by Crippen LogP contribution is -2.35. The predicted octanol–water partition coefficient (Wildman–Crippen LogP) is 5.96. The lowest BCUT2D eigenvalue weighted by Gasteiger charge is -2.25. The van der Waals surface area contributed by atoms with Crippen molar-refractivity contribution < 1.29 is 14.7 Å². The van der Waals surface area contributed by atoms with Crippen LogP contribution in [0.2, 0.25) is 5.02 Å². The maximum atomic E-state index is 13.6. The Morgan fingerprint density at radius 2 is 1.97 bits per heavy atom. The number of rotatable bonds is 6. The van der Waals surface area contributed by atoms with Crippen LogP contribution in [0.1, 0.15) is 34.2 Å². The SMILES string of the molecule is CCCN(C(=O)c1cc(Br)nn1-c1ncccc1Cl)c1c(Br)cc(Br)cc1C(=O)O. The molecule has 1 amide bonds. The van der Waals surface area contributed by atoms with Crippen molar-refractivity contribution in [3.8, 4) is 5.82 Å². The summed E-state index contributed by atoms with van der Waals surface area (Å²) in [5.74, 6) is -1.30. The Balaban J connectivity index is 2.19. The van der Waals surface area contributed by atoms with Crippen LogP contribution < -0.4 is 4.90 Å². The molecule has 2 heterocycles. The Morgan fingerprint density at radius 1 is 1.23 bits per heavy atom. The Hall–Kier alpha value is -1.75. The Kier molecular flexibility index (Phi) is 7.33. The molecular formula is C19H14Br3ClN4O3. The summed E-state index contributed by atoms with van der Waals surface area (Å²) in [6.45, 7) is 2.19. The normalized spacial score (nSPS) is 10.8. The van der Waals surface area contributed by atoms with Gasteiger partial charge in [-0.15, -0.1) is 0 Å². The lowest BCUT2D eigenvalue weighted by atomic mass is 10.1. The van der Waals surface area contributed by atoms with Gasteiger partial charge in [-0.05, 0) is 62.5 Å². The fraction of sp³-hybridized carbons (Fsp3) is 0.158. The Bertz CT molecular complexity index is 1140. The minimum Gasteiger partial charge on any atom is -0.478 e. The molecule has 1 N–H and O–H groups in total. The number of carbonyl (C=O) groups excluding carboxylic acids is 1. The molecule has 0 bridgehead atoms. The molecule has 2 aromatic heterocycles. The van der Waals surface area contributed by atoms with E-state index >= 15 is 0 Å². The number of benzene rings is 1. The van der Waals surface area contributed by atoms with E-state index in [1.807, 2.05) is 6.92 Å². The van der Waals surface area contributed by atoms with Gasteiger partial charge in [0.2, 0.25) is 0 Å². The van der Waals surface area contributed by atoms with E-state index in [-0.39, 0.29) is 29.3 Å². The smallest absolute Gasteiger partial charge is 0.337 e. The molecule has 0 atom stereocenters. The van der Waals surface area contributed by atoms with Crippen molar-refractivity contribution in [1.29, 1.82) is 0 Å². The molecule has 0 fully saturated rings. The quantitative estimate of drug-likeness (QED) is 0.367. The number of nitrogens with zero attached hydrogens (tertiary/aromatic N) is 4. The first-order chi connectivity index (χ1) is 14.2. The van der Waals surface area contributed by atoms with E-state index in [1.54, 1.807) is 30.5 Å². The van der Waals surface area contributed by atoms with Crippen LogP contribution in [0.5, 0.6) is 0 Å². The van der Waals surface area contributed by atoms with E-state index in [1.165, 1.54) is 15.6 Å². The minimum absolute atomic E-state index is 0.0148. The molecule has 0 aliphatic rings. The van der Waals surface area contributed by atoms with E-state index in [0.717, 1.165) is 0 Å². The van der Waals surface area contributed by atoms with Crippen molar-refractivity contribution in [1.82, 2.24) is 14.8 Å². The summed E-state index contributed by atoms with van der Waals surface area (Å²) in [7, 11) is 0. The molecule has 0 saturated carbocycles. The van der Waals surface area contributed by atoms with Gasteiger partial charge in [0.1, 0.15) is 10.3 Å². The van der Waals surface area contributed by atoms with Gasteiger partial charge in [0.15, 0.2) is 5.82 Å². The van der Waals surface area contributed by atoms with Crippen LogP contribution in [-0.4, -0.2) is 38.3 Å². The van der Waals surface area contributed by atoms with E-state index in [2.05, 4.69) is 57.9 Å². The summed E-state index contributed by atoms with van der Waals surface area (Å²) in [4.78, 5) is 31.2. The second-order valence-corrected chi connectivity index (χ2v) is 9.11. The van der Waals surface area contributed by atoms with Crippen molar-refractivity contribution in [3.63, 3.8) is 0 Å². The summed E-state index contributed by atoms with van der Waals surface area (Å²) in [6, 6.07) is 8.02. The zero-order chi connectivity index (χ0) is 22.0. The minimum atomic E-state index is -1.15. The van der Waals surface area contributed by atoms with E-state index in [4.69, 9.17) is 11.6 Å². The first-order valence-electron chi connectivity index (χ1n) is 8.65. The van der Waals surface area contributed by atoms with Gasteiger partial charge >= 0.3 is 5.97 Å². The highest BCUT2D eigenvalue weighted by atomic mass is 79.9. The molecule has 1 aromatic carbocycles. The fourth-order valence-corrected chi connectivity index (χ4v) is 4.90. The first kappa shape index (κ1) is 22.9. The molecule has 0 unspecified atom stereocenters. The van der Waals surface area contributed by atoms with Crippen LogP contribution in [0, 0.1) is 0 Å². The van der Waals surface area contributed by atoms with Gasteiger partial charge < -0.3 is 10.0 Å². The predicted molar refractivity (Wildman–Crippen MR) is 125 cm³/mol. The number of aromatic carboxylic acids is 1. The highest BCUT2D eigenvalue weighted by Gasteiger charge is 2.29. The number of carboxylic acid groups (broad SMARTS) is 1. The zero-order valence-electron chi connectivity index (χ0n) is 15.4. The summed E-state index contributed by atoms with van der Waals surface area (Å²) in [5.41, 5.74) is 0.426. The average molecular weight is 622 g/mol. The number of pyridine rings is 1. The number of hydrogen-bond acceptors (Lipinski definition) is 4. The summed E-state index contributed by atoms with van der Waals surface area (Å²) in [6.07, 6.45) is 2.15. The molecule has 3 rings (SSSR count). The Labute approximate surface area is 202 Å². The van der Waals surface area contributed by atoms with Crippen LogP contribution in [-0.2, 0) is 0 Å². The van der Waals surface area contributed by atoms with Crippen LogP contribution >= 0.6 is 59.4 Å². The van der Waals surface area contributed by atoms with Crippen molar-refractivity contribution in [2.45, 2.75) is 13.3 Å². The van der Waals surface area contributed by atoms with Crippen molar-refractivity contribution in [3.05, 3.63) is 66.4 Å². The number of carbonyl (C=O) groups is 2. The van der Waals surface area contributed by atoms with Crippen molar-refractivity contribution in [2.24, 2.45) is 0 Å². The van der Waals surface area contributed by atoms with Gasteiger partial charge in [0.05, 0.1) is 16.3 Å². The number of halogens is 4. The van der Waals surface area contributed by atoms with E-state index in [0.29, 0.717) is 25.0 Å². The second kappa shape index (κ2) is 9.59. The van der Waals surface area contributed by atoms with Gasteiger partial charge in [-0.2, -0.15) is 5.10 Å². The number of aromatic nitrogens is 3. The molecule has 156 valence electrons. The van der Waals surface area contributed by atoms with E-state index in [9.17, 15) is 14.7 Å². The van der Waals surface area contributed by atoms with Crippen LogP contribution in [0.25, 0.3) is 5.82 Å². The molecule has 30 heavy (non-hydrogen) atoms. The monoisotopic (exact) mass is 618 g/mol. The third-order valence-electron chi connectivity index (χ3n) is 4.06. The van der Waals surface area contributed by atoms with Gasteiger partial charge in [0.25, 0.3) is 5.91 Å². The third-order valence-corrected chi connectivity index (χ3v) is 5.80. The fourth-order valence-electron chi connectivity index (χ4n) is 2.88. The topological polar surface area (TPSA) is 88.3 Å². The molecule has 0 radical (unpaired) electrons. The summed E-state index contributed by atoms with van der Waals surface area (Å²) in [5, 5.41) is 14.3. The number of amides is 1. The van der Waals surface area contributed by atoms with Crippen LogP contribution in [0.4, 0.5) is 5.69 Å². The Morgan fingerprint density at radius 3 is 2.60 bits per heavy atom. The number of carboxylic acids is 1. The third kappa shape index (κ3) is 4.61. The molecular weight excluding hydrogens is 607 g/mol. The molecule has 0 spiro atoms. The van der Waals surface area contributed by atoms with Crippen LogP contribution in [0.15, 0.2) is 50.1 Å². The van der Waals surface area contributed by atoms with Gasteiger partial charge in [-0.25, -0.2) is 14.5 Å². The summed E-state index contributed by atoms with van der Waals surface area (Å²) < 4.78 is 2.80. The van der Waals surface area contributed by atoms with Gasteiger partial charge in [-0.3, -0.25) is 4.79 Å². The molecule has 0 saturated heterocycles. The molecule has 0 aliphatic carbocycles. The lowest BCUT2D eigenvalue weighted by molar-refractivity contribution is 0.0697. The second-order valence-electron chi connectivity index (χ2n) is 6.12. The highest BCUT2D eigenvalue weighted by Crippen LogP contribution is 2.35. The standard InChI is InChI=1S/C19H14Br3ClN4O3/c1-2-6-26(16-11(19(29)30)7-10(20)8-12(16)21)18(28)14-9-15(22)25-27(14)17-13(23)4-3-5-24-17/h3-5,7-9H,2,6H2,1H3,(H,29,30). The highest BCUT2D eigenvalue weighted by molar-refractivity contribution is 9.11. The molecule has 3 aromatic rings. The number of anilines is 1.